The van der Waals surface area contributed by atoms with Gasteiger partial charge in [0.05, 0.1) is 37.9 Å². The van der Waals surface area contributed by atoms with Crippen molar-refractivity contribution in [1.29, 1.82) is 0 Å². The highest BCUT2D eigenvalue weighted by Gasteiger charge is 2.43. The van der Waals surface area contributed by atoms with Crippen LogP contribution in [0.5, 0.6) is 0 Å². The topological polar surface area (TPSA) is 87.8 Å². The van der Waals surface area contributed by atoms with E-state index in [0.717, 1.165) is 0 Å². The molecule has 2 aromatic heterocycles. The van der Waals surface area contributed by atoms with Crippen molar-refractivity contribution in [3.8, 4) is 0 Å². The Hall–Kier alpha value is -2.77. The zero-order valence-electron chi connectivity index (χ0n) is 17.7. The molecule has 0 unspecified atom stereocenters. The maximum absolute atomic E-state index is 14.1. The number of benzene rings is 1. The minimum atomic E-state index is -4.94. The fourth-order valence-electron chi connectivity index (χ4n) is 4.20. The number of fused-ring (bicyclic) bond motifs is 3. The first-order valence-corrected chi connectivity index (χ1v) is 10.6. The van der Waals surface area contributed by atoms with Gasteiger partial charge < -0.3 is 23.9 Å². The van der Waals surface area contributed by atoms with Crippen LogP contribution in [0.3, 0.4) is 0 Å². The molecule has 1 aromatic carbocycles. The normalized spacial score (nSPS) is 23.1. The standard InChI is InChI=1S/C21H20F5N3O5/c22-20(23)5-12(33-10-20)6-27-19(30)18-16(21(24,25)26)15-14(34-18)2-1-11-7-29(28-17(11)15)8-13-9-31-3-4-32-13/h1-2,7,12-13H,3-6,8-10H2,(H,27,30)/t12-,13+/m1/s1. The maximum atomic E-state index is 14.1. The number of alkyl halides is 5. The van der Waals surface area contributed by atoms with Gasteiger partial charge in [-0.05, 0) is 12.1 Å². The van der Waals surface area contributed by atoms with Crippen LogP contribution in [0.25, 0.3) is 21.9 Å². The monoisotopic (exact) mass is 489 g/mol. The molecular weight excluding hydrogens is 469 g/mol. The Morgan fingerprint density at radius 2 is 2.03 bits per heavy atom. The Bertz CT molecular complexity index is 1220. The summed E-state index contributed by atoms with van der Waals surface area (Å²) in [5.41, 5.74) is -1.43. The van der Waals surface area contributed by atoms with Gasteiger partial charge in [-0.3, -0.25) is 9.48 Å². The summed E-state index contributed by atoms with van der Waals surface area (Å²) in [6.45, 7) is 0.321. The third-order valence-corrected chi connectivity index (χ3v) is 5.69. The van der Waals surface area contributed by atoms with Gasteiger partial charge in [-0.2, -0.15) is 18.3 Å². The van der Waals surface area contributed by atoms with Gasteiger partial charge in [-0.15, -0.1) is 0 Å². The number of ether oxygens (including phenoxy) is 3. The molecule has 2 aliphatic rings. The van der Waals surface area contributed by atoms with E-state index in [4.69, 9.17) is 18.6 Å². The summed E-state index contributed by atoms with van der Waals surface area (Å²) in [7, 11) is 0. The summed E-state index contributed by atoms with van der Waals surface area (Å²) in [5.74, 6) is -5.17. The molecule has 0 radical (unpaired) electrons. The molecule has 0 aliphatic carbocycles. The average Bonchev–Trinajstić information content (AvgIpc) is 3.46. The van der Waals surface area contributed by atoms with Crippen molar-refractivity contribution < 1.29 is 45.4 Å². The number of nitrogens with zero attached hydrogens (tertiary/aromatic N) is 2. The van der Waals surface area contributed by atoms with Gasteiger partial charge in [0.1, 0.15) is 29.4 Å². The molecule has 1 amide bonds. The zero-order chi connectivity index (χ0) is 24.1. The van der Waals surface area contributed by atoms with Gasteiger partial charge in [-0.1, -0.05) is 0 Å². The average molecular weight is 489 g/mol. The number of carbonyl (C=O) groups excluding carboxylic acids is 1. The van der Waals surface area contributed by atoms with E-state index >= 15 is 0 Å². The van der Waals surface area contributed by atoms with Gasteiger partial charge in [0.15, 0.2) is 0 Å². The molecule has 13 heteroatoms. The third kappa shape index (κ3) is 4.46. The van der Waals surface area contributed by atoms with Crippen LogP contribution in [0.15, 0.2) is 22.7 Å². The first-order chi connectivity index (χ1) is 16.1. The molecule has 1 N–H and O–H groups in total. The molecule has 3 aromatic rings. The largest absolute Gasteiger partial charge is 0.450 e. The van der Waals surface area contributed by atoms with Gasteiger partial charge in [-0.25, -0.2) is 8.78 Å². The predicted molar refractivity (Wildman–Crippen MR) is 107 cm³/mol. The van der Waals surface area contributed by atoms with Crippen molar-refractivity contribution >= 4 is 27.8 Å². The number of rotatable bonds is 5. The minimum absolute atomic E-state index is 0.0168. The highest BCUT2D eigenvalue weighted by Crippen LogP contribution is 2.42. The quantitative estimate of drug-likeness (QED) is 0.553. The first-order valence-electron chi connectivity index (χ1n) is 10.6. The van der Waals surface area contributed by atoms with E-state index < -0.39 is 48.5 Å². The maximum Gasteiger partial charge on any atom is 0.421 e. The Morgan fingerprint density at radius 1 is 1.21 bits per heavy atom. The lowest BCUT2D eigenvalue weighted by molar-refractivity contribution is -0.137. The van der Waals surface area contributed by atoms with Crippen LogP contribution in [0.2, 0.25) is 0 Å². The van der Waals surface area contributed by atoms with E-state index in [-0.39, 0.29) is 35.7 Å². The van der Waals surface area contributed by atoms with Crippen LogP contribution in [0, 0.1) is 0 Å². The fourth-order valence-corrected chi connectivity index (χ4v) is 4.20. The van der Waals surface area contributed by atoms with Gasteiger partial charge in [0, 0.05) is 24.5 Å². The van der Waals surface area contributed by atoms with E-state index in [1.165, 1.54) is 10.7 Å². The highest BCUT2D eigenvalue weighted by atomic mass is 19.4. The molecule has 0 spiro atoms. The van der Waals surface area contributed by atoms with Gasteiger partial charge >= 0.3 is 6.18 Å². The third-order valence-electron chi connectivity index (χ3n) is 5.69. The molecule has 184 valence electrons. The Morgan fingerprint density at radius 3 is 2.71 bits per heavy atom. The van der Waals surface area contributed by atoms with Crippen molar-refractivity contribution in [1.82, 2.24) is 15.1 Å². The molecule has 0 bridgehead atoms. The van der Waals surface area contributed by atoms with Crippen LogP contribution in [-0.2, 0) is 26.9 Å². The zero-order valence-corrected chi connectivity index (χ0v) is 17.7. The summed E-state index contributed by atoms with van der Waals surface area (Å²) in [6, 6.07) is 2.87. The van der Waals surface area contributed by atoms with Crippen molar-refractivity contribution in [3.05, 3.63) is 29.7 Å². The molecule has 2 aliphatic heterocycles. The van der Waals surface area contributed by atoms with E-state index in [9.17, 15) is 26.7 Å². The number of amides is 1. The molecule has 2 fully saturated rings. The minimum Gasteiger partial charge on any atom is -0.450 e. The smallest absolute Gasteiger partial charge is 0.421 e. The second-order valence-corrected chi connectivity index (χ2v) is 8.30. The van der Waals surface area contributed by atoms with Crippen LogP contribution < -0.4 is 5.32 Å². The van der Waals surface area contributed by atoms with Crippen molar-refractivity contribution in [2.75, 3.05) is 33.0 Å². The SMILES string of the molecule is O=C(NC[C@H]1CC(F)(F)CO1)c1oc2ccc3cn(C[C@H]4COCCO4)nc3c2c1C(F)(F)F. The molecule has 2 atom stereocenters. The molecule has 0 saturated carbocycles. The number of nitrogens with one attached hydrogen (secondary N) is 1. The lowest BCUT2D eigenvalue weighted by Gasteiger charge is -2.22. The van der Waals surface area contributed by atoms with E-state index in [1.54, 1.807) is 12.3 Å². The van der Waals surface area contributed by atoms with E-state index in [2.05, 4.69) is 10.4 Å². The van der Waals surface area contributed by atoms with E-state index in [1.807, 2.05) is 0 Å². The molecule has 5 rings (SSSR count). The van der Waals surface area contributed by atoms with Crippen molar-refractivity contribution in [3.63, 3.8) is 0 Å². The summed E-state index contributed by atoms with van der Waals surface area (Å²) in [5, 5.41) is 6.58. The molecular formula is C21H20F5N3O5. The lowest BCUT2D eigenvalue weighted by atomic mass is 10.1. The number of hydrogen-bond donors (Lipinski definition) is 1. The summed E-state index contributed by atoms with van der Waals surface area (Å²) in [4.78, 5) is 12.6. The summed E-state index contributed by atoms with van der Waals surface area (Å²) >= 11 is 0. The first kappa shape index (κ1) is 23.0. The number of aromatic nitrogens is 2. The Kier molecular flexibility index (Phi) is 5.73. The molecule has 2 saturated heterocycles. The fraction of sp³-hybridized carbons (Fsp3) is 0.524. The van der Waals surface area contributed by atoms with Gasteiger partial charge in [0.25, 0.3) is 11.8 Å². The molecule has 4 heterocycles. The molecule has 8 nitrogen and oxygen atoms in total. The molecule has 34 heavy (non-hydrogen) atoms. The number of carbonyl (C=O) groups is 1. The summed E-state index contributed by atoms with van der Waals surface area (Å²) in [6.07, 6.45) is -5.29. The van der Waals surface area contributed by atoms with Crippen LogP contribution in [0.4, 0.5) is 22.0 Å². The summed E-state index contributed by atoms with van der Waals surface area (Å²) < 4.78 is 91.4. The lowest BCUT2D eigenvalue weighted by Crippen LogP contribution is -2.33. The Balaban J connectivity index is 1.47. The number of furan rings is 1. The van der Waals surface area contributed by atoms with Crippen molar-refractivity contribution in [2.45, 2.75) is 37.3 Å². The number of halogens is 5. The second-order valence-electron chi connectivity index (χ2n) is 8.30. The predicted octanol–water partition coefficient (Wildman–Crippen LogP) is 3.37. The number of hydrogen-bond acceptors (Lipinski definition) is 6. The van der Waals surface area contributed by atoms with Crippen LogP contribution in [-0.4, -0.2) is 66.8 Å². The van der Waals surface area contributed by atoms with Crippen LogP contribution in [0.1, 0.15) is 22.5 Å². The van der Waals surface area contributed by atoms with Crippen molar-refractivity contribution in [2.24, 2.45) is 0 Å². The second kappa shape index (κ2) is 8.47. The Labute approximate surface area is 188 Å². The highest BCUT2D eigenvalue weighted by molar-refractivity contribution is 6.09. The van der Waals surface area contributed by atoms with Gasteiger partial charge in [0.2, 0.25) is 5.76 Å². The van der Waals surface area contributed by atoms with Crippen LogP contribution >= 0.6 is 0 Å². The van der Waals surface area contributed by atoms with E-state index in [0.29, 0.717) is 25.2 Å².